The second kappa shape index (κ2) is 5.23. The van der Waals surface area contributed by atoms with Crippen LogP contribution in [0, 0.1) is 0 Å². The van der Waals surface area contributed by atoms with Crippen LogP contribution in [0.1, 0.15) is 25.3 Å². The van der Waals surface area contributed by atoms with Gasteiger partial charge in [0.15, 0.2) is 0 Å². The summed E-state index contributed by atoms with van der Waals surface area (Å²) in [6, 6.07) is 1.99. The SMILES string of the molecule is COC1(C)CCCN(c2cnccc2CCl)C1. The number of piperidine rings is 1. The number of aromatic nitrogens is 1. The highest BCUT2D eigenvalue weighted by Crippen LogP contribution is 2.30. The van der Waals surface area contributed by atoms with E-state index < -0.39 is 0 Å². The summed E-state index contributed by atoms with van der Waals surface area (Å²) in [6.07, 6.45) is 5.94. The van der Waals surface area contributed by atoms with Crippen LogP contribution in [-0.2, 0) is 10.6 Å². The van der Waals surface area contributed by atoms with Gasteiger partial charge in [0.2, 0.25) is 0 Å². The Balaban J connectivity index is 2.22. The number of ether oxygens (including phenoxy) is 1. The van der Waals surface area contributed by atoms with Gasteiger partial charge in [0.25, 0.3) is 0 Å². The highest BCUT2D eigenvalue weighted by atomic mass is 35.5. The lowest BCUT2D eigenvalue weighted by Crippen LogP contribution is -2.47. The second-order valence-corrected chi connectivity index (χ2v) is 5.08. The van der Waals surface area contributed by atoms with Crippen LogP contribution in [0.4, 0.5) is 5.69 Å². The summed E-state index contributed by atoms with van der Waals surface area (Å²) in [7, 11) is 1.79. The van der Waals surface area contributed by atoms with Gasteiger partial charge in [-0.2, -0.15) is 0 Å². The number of pyridine rings is 1. The summed E-state index contributed by atoms with van der Waals surface area (Å²) in [5, 5.41) is 0. The maximum Gasteiger partial charge on any atom is 0.0825 e. The molecule has 1 aliphatic rings. The fourth-order valence-electron chi connectivity index (χ4n) is 2.39. The monoisotopic (exact) mass is 254 g/mol. The van der Waals surface area contributed by atoms with Crippen LogP contribution in [-0.4, -0.2) is 30.8 Å². The lowest BCUT2D eigenvalue weighted by atomic mass is 9.94. The maximum absolute atomic E-state index is 5.97. The number of nitrogens with zero attached hydrogens (tertiary/aromatic N) is 2. The molecule has 1 unspecified atom stereocenters. The van der Waals surface area contributed by atoms with Crippen molar-refractivity contribution in [3.05, 3.63) is 24.0 Å². The van der Waals surface area contributed by atoms with Crippen molar-refractivity contribution < 1.29 is 4.74 Å². The van der Waals surface area contributed by atoms with Gasteiger partial charge in [0.1, 0.15) is 0 Å². The molecule has 3 nitrogen and oxygen atoms in total. The molecule has 0 aromatic carbocycles. The maximum atomic E-state index is 5.97. The van der Waals surface area contributed by atoms with Crippen molar-refractivity contribution in [3.8, 4) is 0 Å². The van der Waals surface area contributed by atoms with Gasteiger partial charge in [0, 0.05) is 32.3 Å². The molecule has 0 spiro atoms. The molecule has 2 heterocycles. The summed E-state index contributed by atoms with van der Waals surface area (Å²) < 4.78 is 5.61. The number of hydrogen-bond donors (Lipinski definition) is 0. The molecule has 1 atom stereocenters. The average molecular weight is 255 g/mol. The number of alkyl halides is 1. The van der Waals surface area contributed by atoms with E-state index in [-0.39, 0.29) is 5.60 Å². The molecule has 0 N–H and O–H groups in total. The first-order valence-corrected chi connectivity index (χ1v) is 6.51. The first kappa shape index (κ1) is 12.7. The third kappa shape index (κ3) is 2.72. The minimum atomic E-state index is -0.0579. The topological polar surface area (TPSA) is 25.4 Å². The van der Waals surface area contributed by atoms with E-state index >= 15 is 0 Å². The van der Waals surface area contributed by atoms with E-state index in [2.05, 4.69) is 16.8 Å². The van der Waals surface area contributed by atoms with Crippen LogP contribution in [0.5, 0.6) is 0 Å². The van der Waals surface area contributed by atoms with E-state index in [1.54, 1.807) is 13.3 Å². The van der Waals surface area contributed by atoms with Gasteiger partial charge >= 0.3 is 0 Å². The van der Waals surface area contributed by atoms with Crippen molar-refractivity contribution in [1.29, 1.82) is 0 Å². The van der Waals surface area contributed by atoms with Crippen molar-refractivity contribution in [1.82, 2.24) is 4.98 Å². The van der Waals surface area contributed by atoms with Crippen molar-refractivity contribution >= 4 is 17.3 Å². The Hall–Kier alpha value is -0.800. The highest BCUT2D eigenvalue weighted by Gasteiger charge is 2.31. The van der Waals surface area contributed by atoms with Crippen molar-refractivity contribution in [2.45, 2.75) is 31.2 Å². The average Bonchev–Trinajstić information content (AvgIpc) is 2.39. The lowest BCUT2D eigenvalue weighted by molar-refractivity contribution is -0.00468. The molecule has 0 aliphatic carbocycles. The largest absolute Gasteiger partial charge is 0.377 e. The number of hydrogen-bond acceptors (Lipinski definition) is 3. The zero-order chi connectivity index (χ0) is 12.3. The second-order valence-electron chi connectivity index (χ2n) is 4.82. The molecule has 4 heteroatoms. The fourth-order valence-corrected chi connectivity index (χ4v) is 2.62. The Kier molecular flexibility index (Phi) is 3.89. The van der Waals surface area contributed by atoms with E-state index in [0.29, 0.717) is 5.88 Å². The summed E-state index contributed by atoms with van der Waals surface area (Å²) >= 11 is 5.97. The Labute approximate surface area is 108 Å². The molecule has 1 aromatic heterocycles. The minimum absolute atomic E-state index is 0.0579. The van der Waals surface area contributed by atoms with E-state index in [9.17, 15) is 0 Å². The van der Waals surface area contributed by atoms with Crippen molar-refractivity contribution in [2.24, 2.45) is 0 Å². The molecular formula is C13H19ClN2O. The zero-order valence-electron chi connectivity index (χ0n) is 10.4. The van der Waals surface area contributed by atoms with Gasteiger partial charge in [0.05, 0.1) is 17.5 Å². The lowest BCUT2D eigenvalue weighted by Gasteiger charge is -2.41. The van der Waals surface area contributed by atoms with Gasteiger partial charge in [-0.15, -0.1) is 11.6 Å². The van der Waals surface area contributed by atoms with Gasteiger partial charge in [-0.25, -0.2) is 0 Å². The first-order valence-electron chi connectivity index (χ1n) is 5.97. The quantitative estimate of drug-likeness (QED) is 0.776. The van der Waals surface area contributed by atoms with Gasteiger partial charge in [-0.05, 0) is 31.4 Å². The number of halogens is 1. The minimum Gasteiger partial charge on any atom is -0.377 e. The van der Waals surface area contributed by atoms with E-state index in [1.165, 1.54) is 0 Å². The first-order chi connectivity index (χ1) is 8.18. The number of rotatable bonds is 3. The van der Waals surface area contributed by atoms with Crippen molar-refractivity contribution in [3.63, 3.8) is 0 Å². The van der Waals surface area contributed by atoms with Crippen LogP contribution in [0.15, 0.2) is 18.5 Å². The Morgan fingerprint density at radius 3 is 3.12 bits per heavy atom. The molecule has 94 valence electrons. The van der Waals surface area contributed by atoms with Crippen LogP contribution < -0.4 is 4.90 Å². The summed E-state index contributed by atoms with van der Waals surface area (Å²) in [6.45, 7) is 4.11. The molecule has 0 bridgehead atoms. The summed E-state index contributed by atoms with van der Waals surface area (Å²) in [5.41, 5.74) is 2.23. The van der Waals surface area contributed by atoms with Crippen LogP contribution >= 0.6 is 11.6 Å². The Morgan fingerprint density at radius 2 is 2.41 bits per heavy atom. The Morgan fingerprint density at radius 1 is 1.59 bits per heavy atom. The van der Waals surface area contributed by atoms with Crippen LogP contribution in [0.2, 0.25) is 0 Å². The third-order valence-electron chi connectivity index (χ3n) is 3.52. The fraction of sp³-hybridized carbons (Fsp3) is 0.615. The van der Waals surface area contributed by atoms with Crippen LogP contribution in [0.25, 0.3) is 0 Å². The van der Waals surface area contributed by atoms with Gasteiger partial charge in [-0.1, -0.05) is 0 Å². The summed E-state index contributed by atoms with van der Waals surface area (Å²) in [4.78, 5) is 6.53. The molecule has 1 aliphatic heterocycles. The Bertz CT molecular complexity index is 385. The number of anilines is 1. The third-order valence-corrected chi connectivity index (χ3v) is 3.81. The van der Waals surface area contributed by atoms with E-state index in [1.807, 2.05) is 12.3 Å². The standard InChI is InChI=1S/C13H19ClN2O/c1-13(17-2)5-3-7-16(10-13)12-9-15-6-4-11(12)8-14/h4,6,9H,3,5,7-8,10H2,1-2H3. The highest BCUT2D eigenvalue weighted by molar-refractivity contribution is 6.17. The van der Waals surface area contributed by atoms with Gasteiger partial charge in [-0.3, -0.25) is 4.98 Å². The molecule has 17 heavy (non-hydrogen) atoms. The molecular weight excluding hydrogens is 236 g/mol. The van der Waals surface area contributed by atoms with E-state index in [0.717, 1.165) is 37.2 Å². The predicted molar refractivity (Wildman–Crippen MR) is 70.7 cm³/mol. The van der Waals surface area contributed by atoms with E-state index in [4.69, 9.17) is 16.3 Å². The normalized spacial score (nSPS) is 25.0. The zero-order valence-corrected chi connectivity index (χ0v) is 11.2. The van der Waals surface area contributed by atoms with Crippen LogP contribution in [0.3, 0.4) is 0 Å². The predicted octanol–water partition coefficient (Wildman–Crippen LogP) is 2.83. The summed E-state index contributed by atoms with van der Waals surface area (Å²) in [5.74, 6) is 0.526. The smallest absolute Gasteiger partial charge is 0.0825 e. The molecule has 0 amide bonds. The van der Waals surface area contributed by atoms with Gasteiger partial charge < -0.3 is 9.64 Å². The molecule has 2 rings (SSSR count). The molecule has 0 saturated carbocycles. The molecule has 1 aromatic rings. The molecule has 1 saturated heterocycles. The molecule has 0 radical (unpaired) electrons. The molecule has 1 fully saturated rings. The van der Waals surface area contributed by atoms with Crippen molar-refractivity contribution in [2.75, 3.05) is 25.1 Å². The number of methoxy groups -OCH3 is 1.